The zero-order valence-electron chi connectivity index (χ0n) is 12.0. The van der Waals surface area contributed by atoms with Crippen LogP contribution in [-0.4, -0.2) is 20.7 Å². The molecule has 1 heterocycles. The first kappa shape index (κ1) is 12.9. The molecule has 0 amide bonds. The molecule has 2 aromatic carbocycles. The van der Waals surface area contributed by atoms with E-state index in [0.717, 1.165) is 24.4 Å². The van der Waals surface area contributed by atoms with Gasteiger partial charge in [-0.25, -0.2) is 0 Å². The Hall–Kier alpha value is -2.16. The molecule has 1 N–H and O–H groups in total. The van der Waals surface area contributed by atoms with Gasteiger partial charge in [0.05, 0.1) is 24.2 Å². The van der Waals surface area contributed by atoms with E-state index in [4.69, 9.17) is 4.74 Å². The van der Waals surface area contributed by atoms with Crippen LogP contribution < -0.4 is 15.0 Å². The molecule has 3 rings (SSSR count). The fourth-order valence-electron chi connectivity index (χ4n) is 2.81. The average Bonchev–Trinajstić information content (AvgIpc) is 2.53. The van der Waals surface area contributed by atoms with E-state index in [2.05, 4.69) is 41.5 Å². The number of methoxy groups -OCH3 is 1. The summed E-state index contributed by atoms with van der Waals surface area (Å²) in [5.74, 6) is 0.892. The molecular weight excluding hydrogens is 248 g/mol. The van der Waals surface area contributed by atoms with Gasteiger partial charge in [0.25, 0.3) is 0 Å². The molecule has 0 bridgehead atoms. The fraction of sp³-hybridized carbons (Fsp3) is 0.294. The van der Waals surface area contributed by atoms with Crippen LogP contribution >= 0.6 is 0 Å². The third-order valence-electron chi connectivity index (χ3n) is 3.86. The van der Waals surface area contributed by atoms with Gasteiger partial charge in [-0.3, -0.25) is 0 Å². The zero-order valence-corrected chi connectivity index (χ0v) is 12.0. The number of anilines is 3. The molecule has 0 spiro atoms. The van der Waals surface area contributed by atoms with Gasteiger partial charge < -0.3 is 15.0 Å². The van der Waals surface area contributed by atoms with Crippen LogP contribution in [0, 0.1) is 0 Å². The van der Waals surface area contributed by atoms with Crippen molar-refractivity contribution in [1.29, 1.82) is 0 Å². The summed E-state index contributed by atoms with van der Waals surface area (Å²) < 4.78 is 5.47. The SMILES string of the molecule is COc1ccccc1N(C)c1cccc2c1NCCC2. The lowest BCUT2D eigenvalue weighted by Gasteiger charge is -2.28. The Balaban J connectivity index is 2.04. The van der Waals surface area contributed by atoms with E-state index in [1.807, 2.05) is 18.2 Å². The largest absolute Gasteiger partial charge is 0.495 e. The fourth-order valence-corrected chi connectivity index (χ4v) is 2.81. The first-order chi connectivity index (χ1) is 9.81. The van der Waals surface area contributed by atoms with Crippen LogP contribution in [0.2, 0.25) is 0 Å². The van der Waals surface area contributed by atoms with E-state index >= 15 is 0 Å². The van der Waals surface area contributed by atoms with E-state index in [1.54, 1.807) is 7.11 Å². The van der Waals surface area contributed by atoms with Crippen LogP contribution in [0.25, 0.3) is 0 Å². The minimum atomic E-state index is 0.892. The molecule has 1 aliphatic rings. The molecule has 0 radical (unpaired) electrons. The number of rotatable bonds is 3. The van der Waals surface area contributed by atoms with Crippen molar-refractivity contribution in [3.8, 4) is 5.75 Å². The van der Waals surface area contributed by atoms with Gasteiger partial charge in [-0.1, -0.05) is 24.3 Å². The van der Waals surface area contributed by atoms with Crippen LogP contribution in [0.4, 0.5) is 17.1 Å². The summed E-state index contributed by atoms with van der Waals surface area (Å²) in [6.45, 7) is 1.05. The minimum absolute atomic E-state index is 0.892. The highest BCUT2D eigenvalue weighted by Gasteiger charge is 2.17. The van der Waals surface area contributed by atoms with Crippen molar-refractivity contribution in [3.05, 3.63) is 48.0 Å². The number of nitrogens with zero attached hydrogens (tertiary/aromatic N) is 1. The van der Waals surface area contributed by atoms with Crippen molar-refractivity contribution in [2.75, 3.05) is 30.9 Å². The molecule has 0 aromatic heterocycles. The Morgan fingerprint density at radius 1 is 1.05 bits per heavy atom. The number of fused-ring (bicyclic) bond motifs is 1. The van der Waals surface area contributed by atoms with Crippen molar-refractivity contribution in [3.63, 3.8) is 0 Å². The van der Waals surface area contributed by atoms with Crippen molar-refractivity contribution in [2.24, 2.45) is 0 Å². The number of nitrogens with one attached hydrogen (secondary N) is 1. The molecular formula is C17H20N2O. The maximum Gasteiger partial charge on any atom is 0.142 e. The predicted octanol–water partition coefficient (Wildman–Crippen LogP) is 3.82. The van der Waals surface area contributed by atoms with Crippen LogP contribution in [0.5, 0.6) is 5.75 Å². The normalized spacial score (nSPS) is 13.3. The summed E-state index contributed by atoms with van der Waals surface area (Å²) in [6, 6.07) is 14.6. The van der Waals surface area contributed by atoms with Crippen molar-refractivity contribution < 1.29 is 4.74 Å². The zero-order chi connectivity index (χ0) is 13.9. The Kier molecular flexibility index (Phi) is 3.50. The summed E-state index contributed by atoms with van der Waals surface area (Å²) in [5.41, 5.74) is 4.94. The molecule has 104 valence electrons. The van der Waals surface area contributed by atoms with Gasteiger partial charge in [-0.05, 0) is 36.6 Å². The first-order valence-electron chi connectivity index (χ1n) is 7.04. The molecule has 0 saturated carbocycles. The Morgan fingerprint density at radius 3 is 2.70 bits per heavy atom. The minimum Gasteiger partial charge on any atom is -0.495 e. The van der Waals surface area contributed by atoms with Gasteiger partial charge in [0.15, 0.2) is 0 Å². The van der Waals surface area contributed by atoms with E-state index in [-0.39, 0.29) is 0 Å². The van der Waals surface area contributed by atoms with Gasteiger partial charge >= 0.3 is 0 Å². The first-order valence-corrected chi connectivity index (χ1v) is 7.04. The van der Waals surface area contributed by atoms with Crippen LogP contribution in [0.1, 0.15) is 12.0 Å². The molecule has 2 aromatic rings. The van der Waals surface area contributed by atoms with Gasteiger partial charge in [0.2, 0.25) is 0 Å². The van der Waals surface area contributed by atoms with E-state index < -0.39 is 0 Å². The molecule has 20 heavy (non-hydrogen) atoms. The van der Waals surface area contributed by atoms with Gasteiger partial charge in [0.1, 0.15) is 5.75 Å². The number of ether oxygens (including phenoxy) is 1. The molecule has 0 atom stereocenters. The van der Waals surface area contributed by atoms with Crippen LogP contribution in [0.15, 0.2) is 42.5 Å². The number of hydrogen-bond donors (Lipinski definition) is 1. The van der Waals surface area contributed by atoms with Crippen LogP contribution in [0.3, 0.4) is 0 Å². The number of aryl methyl sites for hydroxylation is 1. The van der Waals surface area contributed by atoms with E-state index in [0.29, 0.717) is 0 Å². The molecule has 0 aliphatic carbocycles. The van der Waals surface area contributed by atoms with E-state index in [9.17, 15) is 0 Å². The lowest BCUT2D eigenvalue weighted by Crippen LogP contribution is -2.18. The smallest absolute Gasteiger partial charge is 0.142 e. The highest BCUT2D eigenvalue weighted by atomic mass is 16.5. The Bertz CT molecular complexity index is 610. The number of para-hydroxylation sites is 3. The average molecular weight is 268 g/mol. The van der Waals surface area contributed by atoms with Gasteiger partial charge in [-0.2, -0.15) is 0 Å². The highest BCUT2D eigenvalue weighted by molar-refractivity contribution is 5.81. The monoisotopic (exact) mass is 268 g/mol. The maximum atomic E-state index is 5.47. The molecule has 0 saturated heterocycles. The summed E-state index contributed by atoms with van der Waals surface area (Å²) >= 11 is 0. The molecule has 3 nitrogen and oxygen atoms in total. The summed E-state index contributed by atoms with van der Waals surface area (Å²) in [6.07, 6.45) is 2.35. The topological polar surface area (TPSA) is 24.5 Å². The maximum absolute atomic E-state index is 5.47. The third-order valence-corrected chi connectivity index (χ3v) is 3.86. The van der Waals surface area contributed by atoms with Gasteiger partial charge in [0, 0.05) is 13.6 Å². The van der Waals surface area contributed by atoms with Crippen molar-refractivity contribution >= 4 is 17.1 Å². The van der Waals surface area contributed by atoms with Crippen LogP contribution in [-0.2, 0) is 6.42 Å². The third kappa shape index (κ3) is 2.20. The summed E-state index contributed by atoms with van der Waals surface area (Å²) in [7, 11) is 3.80. The molecule has 0 fully saturated rings. The highest BCUT2D eigenvalue weighted by Crippen LogP contribution is 2.38. The Labute approximate surface area is 120 Å². The van der Waals surface area contributed by atoms with E-state index in [1.165, 1.54) is 23.4 Å². The quantitative estimate of drug-likeness (QED) is 0.915. The lowest BCUT2D eigenvalue weighted by atomic mass is 10.0. The summed E-state index contributed by atoms with van der Waals surface area (Å²) in [4.78, 5) is 2.19. The molecule has 0 unspecified atom stereocenters. The second kappa shape index (κ2) is 5.45. The summed E-state index contributed by atoms with van der Waals surface area (Å²) in [5, 5.41) is 3.54. The standard InChI is InChI=1S/C17H20N2O/c1-19(14-9-3-4-11-16(14)20-2)15-10-5-7-13-8-6-12-18-17(13)15/h3-5,7,9-11,18H,6,8,12H2,1-2H3. The Morgan fingerprint density at radius 2 is 1.85 bits per heavy atom. The number of benzene rings is 2. The van der Waals surface area contributed by atoms with Gasteiger partial charge in [-0.15, -0.1) is 0 Å². The predicted molar refractivity (Wildman–Crippen MR) is 84.3 cm³/mol. The second-order valence-corrected chi connectivity index (χ2v) is 5.07. The molecule has 1 aliphatic heterocycles. The number of hydrogen-bond acceptors (Lipinski definition) is 3. The second-order valence-electron chi connectivity index (χ2n) is 5.07. The van der Waals surface area contributed by atoms with Crippen molar-refractivity contribution in [2.45, 2.75) is 12.8 Å². The lowest BCUT2D eigenvalue weighted by molar-refractivity contribution is 0.415. The van der Waals surface area contributed by atoms with Crippen molar-refractivity contribution in [1.82, 2.24) is 0 Å². The molecule has 3 heteroatoms.